The average molecular weight is 316 g/mol. The first kappa shape index (κ1) is 14.3. The van der Waals surface area contributed by atoms with Gasteiger partial charge in [-0.3, -0.25) is 19.7 Å². The van der Waals surface area contributed by atoms with E-state index in [-0.39, 0.29) is 29.7 Å². The number of benzene rings is 1. The van der Waals surface area contributed by atoms with Gasteiger partial charge in [-0.25, -0.2) is 4.90 Å². The van der Waals surface area contributed by atoms with Crippen LogP contribution in [0.1, 0.15) is 26.7 Å². The van der Waals surface area contributed by atoms with Gasteiger partial charge in [-0.1, -0.05) is 0 Å². The van der Waals surface area contributed by atoms with Gasteiger partial charge < -0.3 is 4.74 Å². The number of hydrogen-bond donors (Lipinski definition) is 0. The van der Waals surface area contributed by atoms with Crippen molar-refractivity contribution in [3.63, 3.8) is 0 Å². The predicted molar refractivity (Wildman–Crippen MR) is 79.7 cm³/mol. The lowest BCUT2D eigenvalue weighted by Crippen LogP contribution is -2.48. The number of carbonyl (C=O) groups is 2. The Kier molecular flexibility index (Phi) is 2.60. The molecule has 0 aliphatic carbocycles. The molecule has 2 bridgehead atoms. The molecule has 1 aromatic carbocycles. The maximum Gasteiger partial charge on any atom is 0.269 e. The number of ether oxygens (including phenoxy) is 1. The smallest absolute Gasteiger partial charge is 0.269 e. The highest BCUT2D eigenvalue weighted by Gasteiger charge is 2.77. The first-order valence-corrected chi connectivity index (χ1v) is 7.60. The summed E-state index contributed by atoms with van der Waals surface area (Å²) < 4.78 is 5.86. The summed E-state index contributed by atoms with van der Waals surface area (Å²) in [5.41, 5.74) is -1.43. The number of nitro benzene ring substituents is 1. The van der Waals surface area contributed by atoms with E-state index in [1.807, 2.05) is 13.8 Å². The van der Waals surface area contributed by atoms with E-state index in [4.69, 9.17) is 4.74 Å². The monoisotopic (exact) mass is 316 g/mol. The van der Waals surface area contributed by atoms with Crippen LogP contribution < -0.4 is 4.90 Å². The number of amides is 2. The Bertz CT molecular complexity index is 711. The minimum Gasteiger partial charge on any atom is -0.373 e. The van der Waals surface area contributed by atoms with E-state index in [9.17, 15) is 19.7 Å². The van der Waals surface area contributed by atoms with Crippen LogP contribution in [-0.2, 0) is 14.3 Å². The highest BCUT2D eigenvalue weighted by atomic mass is 16.6. The number of rotatable bonds is 2. The van der Waals surface area contributed by atoms with Crippen LogP contribution in [0.25, 0.3) is 0 Å². The number of nitro groups is 1. The summed E-state index contributed by atoms with van der Waals surface area (Å²) in [4.78, 5) is 37.5. The highest BCUT2D eigenvalue weighted by Crippen LogP contribution is 2.64. The molecule has 7 heteroatoms. The predicted octanol–water partition coefficient (Wildman–Crippen LogP) is 2.04. The molecule has 3 fully saturated rings. The molecule has 0 saturated carbocycles. The number of fused-ring (bicyclic) bond motifs is 5. The quantitative estimate of drug-likeness (QED) is 0.473. The van der Waals surface area contributed by atoms with Crippen LogP contribution >= 0.6 is 0 Å². The summed E-state index contributed by atoms with van der Waals surface area (Å²) in [5, 5.41) is 10.8. The van der Waals surface area contributed by atoms with Crippen molar-refractivity contribution in [1.82, 2.24) is 0 Å². The van der Waals surface area contributed by atoms with Crippen LogP contribution in [0.15, 0.2) is 24.3 Å². The molecule has 3 aliphatic rings. The van der Waals surface area contributed by atoms with Gasteiger partial charge in [0.2, 0.25) is 11.8 Å². The maximum absolute atomic E-state index is 13.0. The summed E-state index contributed by atoms with van der Waals surface area (Å²) in [6, 6.07) is 5.51. The van der Waals surface area contributed by atoms with Crippen LogP contribution in [0.2, 0.25) is 0 Å². The van der Waals surface area contributed by atoms with Gasteiger partial charge in [0.15, 0.2) is 0 Å². The van der Waals surface area contributed by atoms with Crippen LogP contribution in [-0.4, -0.2) is 28.9 Å². The third-order valence-electron chi connectivity index (χ3n) is 6.00. The van der Waals surface area contributed by atoms with E-state index in [1.165, 1.54) is 29.2 Å². The van der Waals surface area contributed by atoms with E-state index in [1.54, 1.807) is 0 Å². The fourth-order valence-electron chi connectivity index (χ4n) is 4.39. The number of carbonyl (C=O) groups excluding carboxylic acids is 2. The zero-order valence-electron chi connectivity index (χ0n) is 12.8. The molecule has 7 nitrogen and oxygen atoms in total. The molecule has 0 N–H and O–H groups in total. The van der Waals surface area contributed by atoms with Gasteiger partial charge >= 0.3 is 0 Å². The van der Waals surface area contributed by atoms with Crippen molar-refractivity contribution in [3.05, 3.63) is 34.4 Å². The summed E-state index contributed by atoms with van der Waals surface area (Å²) in [7, 11) is 0. The zero-order valence-corrected chi connectivity index (χ0v) is 12.8. The summed E-state index contributed by atoms with van der Waals surface area (Å²) >= 11 is 0. The molecule has 4 atom stereocenters. The average Bonchev–Trinajstić information content (AvgIpc) is 3.14. The van der Waals surface area contributed by atoms with Gasteiger partial charge in [0.1, 0.15) is 0 Å². The second kappa shape index (κ2) is 4.17. The van der Waals surface area contributed by atoms with Crippen molar-refractivity contribution in [1.29, 1.82) is 0 Å². The Balaban J connectivity index is 1.79. The molecule has 2 amide bonds. The van der Waals surface area contributed by atoms with Crippen molar-refractivity contribution in [2.24, 2.45) is 10.8 Å². The molecular weight excluding hydrogens is 300 g/mol. The fraction of sp³-hybridized carbons (Fsp3) is 0.500. The first-order chi connectivity index (χ1) is 10.8. The van der Waals surface area contributed by atoms with Crippen molar-refractivity contribution in [2.45, 2.75) is 38.9 Å². The zero-order chi connectivity index (χ0) is 16.6. The molecule has 3 heterocycles. The topological polar surface area (TPSA) is 89.8 Å². The first-order valence-electron chi connectivity index (χ1n) is 7.60. The molecule has 120 valence electrons. The number of non-ortho nitro benzene ring substituents is 1. The Morgan fingerprint density at radius 3 is 2.00 bits per heavy atom. The Morgan fingerprint density at radius 2 is 1.57 bits per heavy atom. The summed E-state index contributed by atoms with van der Waals surface area (Å²) in [6.45, 7) is 3.62. The molecule has 1 aromatic rings. The molecular formula is C16H16N2O5. The summed E-state index contributed by atoms with van der Waals surface area (Å²) in [5.74, 6) is -0.544. The van der Waals surface area contributed by atoms with Crippen LogP contribution in [0.3, 0.4) is 0 Å². The van der Waals surface area contributed by atoms with Crippen LogP contribution in [0.4, 0.5) is 11.4 Å². The molecule has 3 aliphatic heterocycles. The van der Waals surface area contributed by atoms with E-state index >= 15 is 0 Å². The molecule has 0 spiro atoms. The molecule has 4 rings (SSSR count). The summed E-state index contributed by atoms with van der Waals surface area (Å²) in [6.07, 6.45) is 1.09. The number of nitrogens with zero attached hydrogens (tertiary/aromatic N) is 2. The normalized spacial score (nSPS) is 38.3. The number of imide groups is 1. The molecule has 0 unspecified atom stereocenters. The second-order valence-electron chi connectivity index (χ2n) is 6.81. The van der Waals surface area contributed by atoms with Crippen molar-refractivity contribution < 1.29 is 19.2 Å². The minimum absolute atomic E-state index is 0.0751. The fourth-order valence-corrected chi connectivity index (χ4v) is 4.39. The van der Waals surface area contributed by atoms with Crippen molar-refractivity contribution in [2.75, 3.05) is 4.90 Å². The molecule has 0 radical (unpaired) electrons. The molecule has 23 heavy (non-hydrogen) atoms. The Labute approximate surface area is 132 Å². The van der Waals surface area contributed by atoms with Crippen molar-refractivity contribution in [3.8, 4) is 0 Å². The van der Waals surface area contributed by atoms with Crippen molar-refractivity contribution >= 4 is 23.2 Å². The van der Waals surface area contributed by atoms with Crippen LogP contribution in [0.5, 0.6) is 0 Å². The van der Waals surface area contributed by atoms with Gasteiger partial charge in [0.05, 0.1) is 33.6 Å². The minimum atomic E-state index is -0.866. The molecule has 3 saturated heterocycles. The largest absolute Gasteiger partial charge is 0.373 e. The highest BCUT2D eigenvalue weighted by molar-refractivity contribution is 6.26. The Hall–Kier alpha value is -2.28. The van der Waals surface area contributed by atoms with Gasteiger partial charge in [-0.15, -0.1) is 0 Å². The van der Waals surface area contributed by atoms with Gasteiger partial charge in [0, 0.05) is 12.1 Å². The SMILES string of the molecule is C[C@@]12C(=O)N(c3ccc([N+](=O)[O-])cc3)C(=O)[C@]1(C)[C@H]1CC[C@@H]2O1. The van der Waals surface area contributed by atoms with E-state index in [0.29, 0.717) is 5.69 Å². The lowest BCUT2D eigenvalue weighted by molar-refractivity contribution is -0.384. The third-order valence-corrected chi connectivity index (χ3v) is 6.00. The lowest BCUT2D eigenvalue weighted by atomic mass is 9.59. The number of anilines is 1. The van der Waals surface area contributed by atoms with Gasteiger partial charge in [-0.05, 0) is 38.8 Å². The van der Waals surface area contributed by atoms with E-state index in [0.717, 1.165) is 12.8 Å². The van der Waals surface area contributed by atoms with E-state index in [2.05, 4.69) is 0 Å². The maximum atomic E-state index is 13.0. The molecule has 0 aromatic heterocycles. The third kappa shape index (κ3) is 1.43. The van der Waals surface area contributed by atoms with E-state index < -0.39 is 15.8 Å². The lowest BCUT2D eigenvalue weighted by Gasteiger charge is -2.36. The van der Waals surface area contributed by atoms with Crippen LogP contribution in [0, 0.1) is 20.9 Å². The second-order valence-corrected chi connectivity index (χ2v) is 6.81. The number of hydrogen-bond acceptors (Lipinski definition) is 5. The standard InChI is InChI=1S/C16H16N2O5/c1-15-11-7-8-12(23-11)16(15,2)14(20)17(13(15)19)9-3-5-10(6-4-9)18(21)22/h3-6,11-12H,7-8H2,1-2H3/t11-,12+,15+,16-. The van der Waals surface area contributed by atoms with Gasteiger partial charge in [-0.2, -0.15) is 0 Å². The van der Waals surface area contributed by atoms with Gasteiger partial charge in [0.25, 0.3) is 5.69 Å². The Morgan fingerprint density at radius 1 is 1.09 bits per heavy atom.